The van der Waals surface area contributed by atoms with E-state index in [1.54, 1.807) is 24.0 Å². The highest BCUT2D eigenvalue weighted by Gasteiger charge is 2.20. The monoisotopic (exact) mass is 375 g/mol. The van der Waals surface area contributed by atoms with E-state index < -0.39 is 0 Å². The number of ether oxygens (including phenoxy) is 2. The van der Waals surface area contributed by atoms with Crippen molar-refractivity contribution >= 4 is 27.8 Å². The van der Waals surface area contributed by atoms with Gasteiger partial charge in [-0.15, -0.1) is 0 Å². The molecule has 0 aromatic carbocycles. The second-order valence-corrected chi connectivity index (χ2v) is 5.28. The van der Waals surface area contributed by atoms with Crippen LogP contribution in [0.4, 0.5) is 0 Å². The Morgan fingerprint density at radius 1 is 1.23 bits per heavy atom. The molecule has 0 aliphatic carbocycles. The molecule has 0 radical (unpaired) electrons. The van der Waals surface area contributed by atoms with Gasteiger partial charge in [-0.3, -0.25) is 9.59 Å². The minimum atomic E-state index is -0.314. The summed E-state index contributed by atoms with van der Waals surface area (Å²) in [7, 11) is 0. The molecule has 6 nitrogen and oxygen atoms in total. The SMILES string of the molecule is CCOCCCN(CCC(=O)OCC)C(=O)c1ccc(Br)o1. The molecule has 0 unspecified atom stereocenters. The molecule has 7 heteroatoms. The van der Waals surface area contributed by atoms with Crippen molar-refractivity contribution < 1.29 is 23.5 Å². The molecule has 0 bridgehead atoms. The molecule has 0 fully saturated rings. The minimum Gasteiger partial charge on any atom is -0.466 e. The van der Waals surface area contributed by atoms with Crippen molar-refractivity contribution in [1.82, 2.24) is 4.90 Å². The zero-order chi connectivity index (χ0) is 16.4. The van der Waals surface area contributed by atoms with Crippen molar-refractivity contribution in [1.29, 1.82) is 0 Å². The number of furan rings is 1. The summed E-state index contributed by atoms with van der Waals surface area (Å²) in [6.07, 6.45) is 0.861. The summed E-state index contributed by atoms with van der Waals surface area (Å²) in [5.41, 5.74) is 0. The van der Waals surface area contributed by atoms with Gasteiger partial charge >= 0.3 is 5.97 Å². The number of carbonyl (C=O) groups excluding carboxylic acids is 2. The van der Waals surface area contributed by atoms with Gasteiger partial charge in [0.1, 0.15) is 0 Å². The lowest BCUT2D eigenvalue weighted by Gasteiger charge is -2.21. The third kappa shape index (κ3) is 6.62. The van der Waals surface area contributed by atoms with Gasteiger partial charge in [0.2, 0.25) is 0 Å². The molecule has 124 valence electrons. The Morgan fingerprint density at radius 3 is 2.59 bits per heavy atom. The fourth-order valence-electron chi connectivity index (χ4n) is 1.86. The maximum Gasteiger partial charge on any atom is 0.307 e. The van der Waals surface area contributed by atoms with E-state index in [4.69, 9.17) is 13.9 Å². The first-order valence-corrected chi connectivity index (χ1v) is 8.15. The molecule has 0 saturated heterocycles. The van der Waals surface area contributed by atoms with E-state index in [1.165, 1.54) is 0 Å². The lowest BCUT2D eigenvalue weighted by molar-refractivity contribution is -0.143. The molecular formula is C15H22BrNO5. The van der Waals surface area contributed by atoms with Gasteiger partial charge in [-0.05, 0) is 48.3 Å². The Balaban J connectivity index is 2.59. The van der Waals surface area contributed by atoms with E-state index in [0.717, 1.165) is 0 Å². The molecule has 0 saturated carbocycles. The first-order valence-electron chi connectivity index (χ1n) is 7.36. The van der Waals surface area contributed by atoms with Gasteiger partial charge in [-0.2, -0.15) is 0 Å². The summed E-state index contributed by atoms with van der Waals surface area (Å²) in [6.45, 7) is 6.01. The van der Waals surface area contributed by atoms with Crippen LogP contribution < -0.4 is 0 Å². The lowest BCUT2D eigenvalue weighted by Crippen LogP contribution is -2.34. The Kier molecular flexibility index (Phi) is 8.84. The number of rotatable bonds is 10. The number of hydrogen-bond donors (Lipinski definition) is 0. The molecule has 22 heavy (non-hydrogen) atoms. The number of amides is 1. The summed E-state index contributed by atoms with van der Waals surface area (Å²) in [5.74, 6) is -0.315. The van der Waals surface area contributed by atoms with Crippen LogP contribution in [0.5, 0.6) is 0 Å². The smallest absolute Gasteiger partial charge is 0.307 e. The van der Waals surface area contributed by atoms with Crippen molar-refractivity contribution in [2.24, 2.45) is 0 Å². The minimum absolute atomic E-state index is 0.163. The van der Waals surface area contributed by atoms with E-state index in [1.807, 2.05) is 6.92 Å². The van der Waals surface area contributed by atoms with Crippen LogP contribution in [0.3, 0.4) is 0 Å². The van der Waals surface area contributed by atoms with Crippen LogP contribution in [0.2, 0.25) is 0 Å². The predicted molar refractivity (Wildman–Crippen MR) is 84.7 cm³/mol. The average molecular weight is 376 g/mol. The summed E-state index contributed by atoms with van der Waals surface area (Å²) in [6, 6.07) is 3.27. The summed E-state index contributed by atoms with van der Waals surface area (Å²) in [5, 5.41) is 0. The molecule has 1 aromatic heterocycles. The highest BCUT2D eigenvalue weighted by Crippen LogP contribution is 2.16. The molecule has 0 spiro atoms. The molecule has 0 aliphatic rings. The van der Waals surface area contributed by atoms with Crippen LogP contribution in [0.25, 0.3) is 0 Å². The van der Waals surface area contributed by atoms with Crippen molar-refractivity contribution in [2.75, 3.05) is 32.9 Å². The fraction of sp³-hybridized carbons (Fsp3) is 0.600. The fourth-order valence-corrected chi connectivity index (χ4v) is 2.17. The standard InChI is InChI=1S/C15H22BrNO5/c1-3-20-11-5-9-17(10-8-14(18)21-4-2)15(19)12-6-7-13(16)22-12/h6-7H,3-5,8-11H2,1-2H3. The molecule has 0 N–H and O–H groups in total. The maximum atomic E-state index is 12.4. The molecule has 0 aliphatic heterocycles. The highest BCUT2D eigenvalue weighted by molar-refractivity contribution is 9.10. The Hall–Kier alpha value is -1.34. The Morgan fingerprint density at radius 2 is 2.00 bits per heavy atom. The molecule has 1 heterocycles. The van der Waals surface area contributed by atoms with Crippen LogP contribution >= 0.6 is 15.9 Å². The van der Waals surface area contributed by atoms with Crippen molar-refractivity contribution in [2.45, 2.75) is 26.7 Å². The van der Waals surface area contributed by atoms with Gasteiger partial charge in [0.25, 0.3) is 5.91 Å². The van der Waals surface area contributed by atoms with E-state index in [0.29, 0.717) is 44.0 Å². The first kappa shape index (κ1) is 18.7. The lowest BCUT2D eigenvalue weighted by atomic mass is 10.3. The third-order valence-corrected chi connectivity index (χ3v) is 3.31. The second-order valence-electron chi connectivity index (χ2n) is 4.50. The predicted octanol–water partition coefficient (Wildman–Crippen LogP) is 2.86. The van der Waals surface area contributed by atoms with Gasteiger partial charge < -0.3 is 18.8 Å². The normalized spacial score (nSPS) is 10.5. The van der Waals surface area contributed by atoms with E-state index >= 15 is 0 Å². The number of carbonyl (C=O) groups is 2. The first-order chi connectivity index (χ1) is 10.6. The van der Waals surface area contributed by atoms with E-state index in [-0.39, 0.29) is 24.1 Å². The van der Waals surface area contributed by atoms with E-state index in [9.17, 15) is 9.59 Å². The van der Waals surface area contributed by atoms with Crippen LogP contribution in [-0.2, 0) is 14.3 Å². The van der Waals surface area contributed by atoms with E-state index in [2.05, 4.69) is 15.9 Å². The molecular weight excluding hydrogens is 354 g/mol. The van der Waals surface area contributed by atoms with Crippen molar-refractivity contribution in [3.05, 3.63) is 22.6 Å². The van der Waals surface area contributed by atoms with Gasteiger partial charge in [-0.25, -0.2) is 0 Å². The quantitative estimate of drug-likeness (QED) is 0.464. The Labute approximate surface area is 138 Å². The zero-order valence-electron chi connectivity index (χ0n) is 13.0. The number of nitrogens with zero attached hydrogens (tertiary/aromatic N) is 1. The summed E-state index contributed by atoms with van der Waals surface area (Å²) in [4.78, 5) is 25.5. The van der Waals surface area contributed by atoms with Gasteiger partial charge in [-0.1, -0.05) is 0 Å². The molecule has 1 aromatic rings. The van der Waals surface area contributed by atoms with Crippen LogP contribution in [0, 0.1) is 0 Å². The number of halogens is 1. The maximum absolute atomic E-state index is 12.4. The average Bonchev–Trinajstić information content (AvgIpc) is 2.93. The van der Waals surface area contributed by atoms with Crippen LogP contribution in [-0.4, -0.2) is 49.7 Å². The zero-order valence-corrected chi connectivity index (χ0v) is 14.6. The van der Waals surface area contributed by atoms with Crippen molar-refractivity contribution in [3.8, 4) is 0 Å². The van der Waals surface area contributed by atoms with Gasteiger partial charge in [0, 0.05) is 26.3 Å². The number of esters is 1. The summed E-state index contributed by atoms with van der Waals surface area (Å²) >= 11 is 3.17. The number of hydrogen-bond acceptors (Lipinski definition) is 5. The van der Waals surface area contributed by atoms with Crippen molar-refractivity contribution in [3.63, 3.8) is 0 Å². The molecule has 1 amide bonds. The largest absolute Gasteiger partial charge is 0.466 e. The topological polar surface area (TPSA) is 69.0 Å². The molecule has 0 atom stereocenters. The second kappa shape index (κ2) is 10.4. The van der Waals surface area contributed by atoms with Gasteiger partial charge in [0.15, 0.2) is 10.4 Å². The van der Waals surface area contributed by atoms with Gasteiger partial charge in [0.05, 0.1) is 13.0 Å². The third-order valence-electron chi connectivity index (χ3n) is 2.88. The molecule has 1 rings (SSSR count). The van der Waals surface area contributed by atoms with Crippen LogP contribution in [0.15, 0.2) is 21.2 Å². The van der Waals surface area contributed by atoms with Crippen LogP contribution in [0.1, 0.15) is 37.2 Å². The highest BCUT2D eigenvalue weighted by atomic mass is 79.9. The Bertz CT molecular complexity index is 474. The summed E-state index contributed by atoms with van der Waals surface area (Å²) < 4.78 is 16.0.